The summed E-state index contributed by atoms with van der Waals surface area (Å²) in [6, 6.07) is 16.6. The van der Waals surface area contributed by atoms with Gasteiger partial charge in [-0.1, -0.05) is 58.5 Å². The molecule has 0 radical (unpaired) electrons. The molecule has 0 bridgehead atoms. The summed E-state index contributed by atoms with van der Waals surface area (Å²) in [7, 11) is 0. The van der Waals surface area contributed by atoms with Crippen LogP contribution in [0.1, 0.15) is 16.7 Å². The third-order valence-electron chi connectivity index (χ3n) is 4.07. The quantitative estimate of drug-likeness (QED) is 0.151. The van der Waals surface area contributed by atoms with Crippen LogP contribution in [0.5, 0.6) is 5.75 Å². The molecule has 3 aromatic carbocycles. The lowest BCUT2D eigenvalue weighted by Crippen LogP contribution is -2.00. The Hall–Kier alpha value is -0.690. The van der Waals surface area contributed by atoms with Gasteiger partial charge in [0.1, 0.15) is 12.4 Å². The fourth-order valence-electron chi connectivity index (χ4n) is 2.60. The zero-order chi connectivity index (χ0) is 21.8. The van der Waals surface area contributed by atoms with Crippen LogP contribution in [0.4, 0.5) is 0 Å². The molecule has 0 saturated heterocycles. The van der Waals surface area contributed by atoms with Gasteiger partial charge < -0.3 is 4.74 Å². The maximum absolute atomic E-state index is 9.61. The Labute approximate surface area is 222 Å². The van der Waals surface area contributed by atoms with Crippen molar-refractivity contribution in [2.75, 3.05) is 0 Å². The molecular weight excluding hydrogens is 690 g/mol. The molecule has 2 nitrogen and oxygen atoms in total. The van der Waals surface area contributed by atoms with Crippen molar-refractivity contribution in [1.82, 2.24) is 0 Å². The van der Waals surface area contributed by atoms with Crippen LogP contribution in [0, 0.1) is 18.5 Å². The Morgan fingerprint density at radius 1 is 0.900 bits per heavy atom. The van der Waals surface area contributed by atoms with Crippen LogP contribution in [0.15, 0.2) is 48.5 Å². The highest BCUT2D eigenvalue weighted by molar-refractivity contribution is 14.1. The van der Waals surface area contributed by atoms with Gasteiger partial charge in [0, 0.05) is 15.6 Å². The van der Waals surface area contributed by atoms with E-state index in [0.29, 0.717) is 37.8 Å². The van der Waals surface area contributed by atoms with Crippen molar-refractivity contribution in [3.05, 3.63) is 92.5 Å². The van der Waals surface area contributed by atoms with Crippen molar-refractivity contribution in [2.24, 2.45) is 0 Å². The van der Waals surface area contributed by atoms with Crippen LogP contribution in [0.2, 0.25) is 20.1 Å². The minimum absolute atomic E-state index is 0.323. The number of hydrogen-bond acceptors (Lipinski definition) is 2. The van der Waals surface area contributed by atoms with E-state index in [4.69, 9.17) is 51.1 Å². The van der Waals surface area contributed by atoms with Crippen LogP contribution in [-0.4, -0.2) is 0 Å². The summed E-state index contributed by atoms with van der Waals surface area (Å²) in [5, 5.41) is 11.6. The van der Waals surface area contributed by atoms with Crippen molar-refractivity contribution in [1.29, 1.82) is 5.26 Å². The maximum atomic E-state index is 9.61. The molecule has 3 rings (SSSR count). The van der Waals surface area contributed by atoms with Crippen LogP contribution in [0.3, 0.4) is 0 Å². The number of ether oxygens (including phenoxy) is 1. The minimum atomic E-state index is 0.323. The van der Waals surface area contributed by atoms with E-state index in [2.05, 4.69) is 51.3 Å². The van der Waals surface area contributed by atoms with E-state index < -0.39 is 0 Å². The van der Waals surface area contributed by atoms with Crippen molar-refractivity contribution in [3.8, 4) is 11.8 Å². The second-order valence-electron chi connectivity index (χ2n) is 6.14. The molecule has 152 valence electrons. The van der Waals surface area contributed by atoms with E-state index in [0.717, 1.165) is 24.0 Å². The monoisotopic (exact) mass is 699 g/mol. The average Bonchev–Trinajstić information content (AvgIpc) is 2.69. The molecule has 30 heavy (non-hydrogen) atoms. The van der Waals surface area contributed by atoms with Gasteiger partial charge in [-0.05, 0) is 98.8 Å². The topological polar surface area (TPSA) is 33.0 Å². The van der Waals surface area contributed by atoms with Crippen molar-refractivity contribution in [2.45, 2.75) is 6.61 Å². The van der Waals surface area contributed by atoms with Crippen molar-refractivity contribution >= 4 is 103 Å². The molecule has 0 fully saturated rings. The molecule has 0 amide bonds. The van der Waals surface area contributed by atoms with Gasteiger partial charge >= 0.3 is 0 Å². The Balaban J connectivity index is 1.87. The summed E-state index contributed by atoms with van der Waals surface area (Å²) in [5.74, 6) is 0.757. The van der Waals surface area contributed by atoms with Crippen LogP contribution in [-0.2, 0) is 6.61 Å². The summed E-state index contributed by atoms with van der Waals surface area (Å²) in [4.78, 5) is 0. The number of hydrogen-bond donors (Lipinski definition) is 0. The van der Waals surface area contributed by atoms with Gasteiger partial charge in [-0.3, -0.25) is 0 Å². The first-order chi connectivity index (χ1) is 14.3. The predicted octanol–water partition coefficient (Wildman–Crippen LogP) is 9.15. The summed E-state index contributed by atoms with van der Waals surface area (Å²) in [6.45, 7) is 0.323. The number of benzene rings is 3. The van der Waals surface area contributed by atoms with E-state index in [1.54, 1.807) is 30.3 Å². The van der Waals surface area contributed by atoms with E-state index in [-0.39, 0.29) is 0 Å². The lowest BCUT2D eigenvalue weighted by atomic mass is 10.0. The molecule has 0 aliphatic rings. The SMILES string of the molecule is N#C/C(=C/c1cc(I)c(OCc2ccc(Cl)cc2Cl)c(I)c1)c1ccc(Cl)c(Cl)c1. The maximum Gasteiger partial charge on any atom is 0.146 e. The third kappa shape index (κ3) is 5.96. The lowest BCUT2D eigenvalue weighted by Gasteiger charge is -2.13. The normalized spacial score (nSPS) is 11.3. The molecule has 0 saturated carbocycles. The van der Waals surface area contributed by atoms with Gasteiger partial charge in [-0.2, -0.15) is 5.26 Å². The first kappa shape index (κ1) is 24.0. The highest BCUT2D eigenvalue weighted by Gasteiger charge is 2.12. The van der Waals surface area contributed by atoms with Crippen LogP contribution in [0.25, 0.3) is 11.6 Å². The minimum Gasteiger partial charge on any atom is -0.487 e. The first-order valence-corrected chi connectivity index (χ1v) is 12.1. The molecule has 0 unspecified atom stereocenters. The average molecular weight is 701 g/mol. The second-order valence-corrected chi connectivity index (χ2v) is 10.1. The second kappa shape index (κ2) is 10.8. The van der Waals surface area contributed by atoms with E-state index in [1.165, 1.54) is 0 Å². The summed E-state index contributed by atoms with van der Waals surface area (Å²) in [5.41, 5.74) is 2.92. The van der Waals surface area contributed by atoms with Crippen molar-refractivity contribution < 1.29 is 4.74 Å². The van der Waals surface area contributed by atoms with E-state index >= 15 is 0 Å². The van der Waals surface area contributed by atoms with Gasteiger partial charge in [0.15, 0.2) is 0 Å². The Morgan fingerprint density at radius 3 is 2.20 bits per heavy atom. The zero-order valence-electron chi connectivity index (χ0n) is 15.0. The van der Waals surface area contributed by atoms with E-state index in [9.17, 15) is 5.26 Å². The molecule has 0 N–H and O–H groups in total. The Kier molecular flexibility index (Phi) is 8.59. The van der Waals surface area contributed by atoms with Crippen molar-refractivity contribution in [3.63, 3.8) is 0 Å². The zero-order valence-corrected chi connectivity index (χ0v) is 22.4. The van der Waals surface area contributed by atoms with Gasteiger partial charge in [-0.25, -0.2) is 0 Å². The summed E-state index contributed by atoms with van der Waals surface area (Å²) in [6.07, 6.45) is 1.81. The smallest absolute Gasteiger partial charge is 0.146 e. The molecule has 3 aromatic rings. The largest absolute Gasteiger partial charge is 0.487 e. The molecule has 0 aliphatic carbocycles. The Bertz CT molecular complexity index is 1170. The molecule has 0 atom stereocenters. The summed E-state index contributed by atoms with van der Waals surface area (Å²) >= 11 is 28.7. The van der Waals surface area contributed by atoms with Gasteiger partial charge in [0.25, 0.3) is 0 Å². The molecule has 0 spiro atoms. The Morgan fingerprint density at radius 2 is 1.60 bits per heavy atom. The number of nitrogens with zero attached hydrogens (tertiary/aromatic N) is 1. The number of rotatable bonds is 5. The van der Waals surface area contributed by atoms with Gasteiger partial charge in [0.2, 0.25) is 0 Å². The van der Waals surface area contributed by atoms with Gasteiger partial charge in [0.05, 0.1) is 28.8 Å². The molecule has 0 heterocycles. The standard InChI is InChI=1S/C22H11Cl4I2NO/c23-16-3-1-14(18(25)9-16)11-30-22-20(27)6-12(7-21(22)28)5-15(10-29)13-2-4-17(24)19(26)8-13/h1-9H,11H2/b15-5-. The van der Waals surface area contributed by atoms with Gasteiger partial charge in [-0.15, -0.1) is 0 Å². The first-order valence-electron chi connectivity index (χ1n) is 8.41. The molecule has 8 heteroatoms. The number of halogens is 6. The lowest BCUT2D eigenvalue weighted by molar-refractivity contribution is 0.302. The molecular formula is C22H11Cl4I2NO. The number of allylic oxidation sites excluding steroid dienone is 1. The van der Waals surface area contributed by atoms with Crippen LogP contribution >= 0.6 is 91.6 Å². The third-order valence-corrected chi connectivity index (χ3v) is 7.00. The summed E-state index contributed by atoms with van der Waals surface area (Å²) < 4.78 is 7.85. The molecule has 0 aromatic heterocycles. The molecule has 0 aliphatic heterocycles. The van der Waals surface area contributed by atoms with E-state index in [1.807, 2.05) is 24.3 Å². The number of nitriles is 1. The predicted molar refractivity (Wildman–Crippen MR) is 143 cm³/mol. The van der Waals surface area contributed by atoms with Crippen LogP contribution < -0.4 is 4.74 Å². The highest BCUT2D eigenvalue weighted by Crippen LogP contribution is 2.33. The fraction of sp³-hybridized carbons (Fsp3) is 0.0455. The fourth-order valence-corrected chi connectivity index (χ4v) is 5.49. The highest BCUT2D eigenvalue weighted by atomic mass is 127.